The van der Waals surface area contributed by atoms with Gasteiger partial charge in [-0.15, -0.1) is 34.0 Å². The molecule has 5 heteroatoms. The summed E-state index contributed by atoms with van der Waals surface area (Å²) in [6.07, 6.45) is 12.9. The monoisotopic (exact) mass is 628 g/mol. The lowest BCUT2D eigenvalue weighted by Crippen LogP contribution is -2.03. The third-order valence-electron chi connectivity index (χ3n) is 6.72. The van der Waals surface area contributed by atoms with Crippen molar-refractivity contribution in [3.63, 3.8) is 0 Å². The van der Waals surface area contributed by atoms with Gasteiger partial charge in [-0.2, -0.15) is 0 Å². The van der Waals surface area contributed by atoms with Crippen LogP contribution in [0.1, 0.15) is 90.2 Å². The molecule has 0 aliphatic carbocycles. The maximum Gasteiger partial charge on any atom is 0.0708 e. The fraction of sp³-hybridized carbons (Fsp3) is 0.571. The molecule has 0 spiro atoms. The first-order chi connectivity index (χ1) is 16.0. The number of hydrogen-bond acceptors (Lipinski definition) is 3. The Morgan fingerprint density at radius 2 is 1.09 bits per heavy atom. The van der Waals surface area contributed by atoms with Gasteiger partial charge in [0.25, 0.3) is 0 Å². The van der Waals surface area contributed by atoms with Crippen LogP contribution in [0, 0.1) is 11.8 Å². The SMILES string of the molecule is CCCCC(CC)Cc1cc(Br)sc1-c1ccc(-c2sc(Br)cc2CC(CC)CCCC)s1. The topological polar surface area (TPSA) is 0 Å². The Morgan fingerprint density at radius 1 is 0.667 bits per heavy atom. The Bertz CT molecular complexity index is 905. The summed E-state index contributed by atoms with van der Waals surface area (Å²) in [4.78, 5) is 5.79. The maximum absolute atomic E-state index is 3.79. The van der Waals surface area contributed by atoms with Crippen LogP contribution in [0.2, 0.25) is 0 Å². The van der Waals surface area contributed by atoms with E-state index in [0.717, 1.165) is 11.8 Å². The molecule has 0 nitrogen and oxygen atoms in total. The summed E-state index contributed by atoms with van der Waals surface area (Å²) in [5.41, 5.74) is 3.06. The van der Waals surface area contributed by atoms with Gasteiger partial charge in [0, 0.05) is 19.5 Å². The highest BCUT2D eigenvalue weighted by Gasteiger charge is 2.19. The molecule has 0 amide bonds. The highest BCUT2D eigenvalue weighted by atomic mass is 79.9. The van der Waals surface area contributed by atoms with Gasteiger partial charge in [0.1, 0.15) is 0 Å². The number of halogens is 2. The molecule has 0 bridgehead atoms. The van der Waals surface area contributed by atoms with Gasteiger partial charge in [-0.25, -0.2) is 0 Å². The molecule has 0 fully saturated rings. The van der Waals surface area contributed by atoms with Crippen molar-refractivity contribution in [1.29, 1.82) is 0 Å². The third-order valence-corrected chi connectivity index (χ3v) is 11.5. The second-order valence-corrected chi connectivity index (χ2v) is 15.2. The number of unbranched alkanes of at least 4 members (excludes halogenated alkanes) is 2. The molecule has 3 aromatic rings. The van der Waals surface area contributed by atoms with Crippen molar-refractivity contribution in [1.82, 2.24) is 0 Å². The van der Waals surface area contributed by atoms with E-state index in [1.165, 1.54) is 102 Å². The van der Waals surface area contributed by atoms with Gasteiger partial charge in [0.05, 0.1) is 7.57 Å². The van der Waals surface area contributed by atoms with Crippen molar-refractivity contribution in [2.45, 2.75) is 91.9 Å². The van der Waals surface area contributed by atoms with Crippen molar-refractivity contribution in [3.05, 3.63) is 43.0 Å². The van der Waals surface area contributed by atoms with Gasteiger partial charge in [0.15, 0.2) is 0 Å². The molecular formula is C28H38Br2S3. The van der Waals surface area contributed by atoms with E-state index in [2.05, 4.69) is 83.8 Å². The van der Waals surface area contributed by atoms with E-state index < -0.39 is 0 Å². The van der Waals surface area contributed by atoms with E-state index in [1.54, 1.807) is 0 Å². The lowest BCUT2D eigenvalue weighted by atomic mass is 9.92. The Balaban J connectivity index is 1.84. The molecule has 0 saturated carbocycles. The molecule has 3 heterocycles. The number of thiophene rings is 3. The van der Waals surface area contributed by atoms with Crippen LogP contribution in [0.5, 0.6) is 0 Å². The van der Waals surface area contributed by atoms with Gasteiger partial charge in [-0.1, -0.05) is 79.1 Å². The van der Waals surface area contributed by atoms with Crippen LogP contribution in [0.3, 0.4) is 0 Å². The largest absolute Gasteiger partial charge is 0.133 e. The summed E-state index contributed by atoms with van der Waals surface area (Å²) in [7, 11) is 0. The highest BCUT2D eigenvalue weighted by Crippen LogP contribution is 2.46. The zero-order valence-corrected chi connectivity index (χ0v) is 26.1. The normalized spacial score (nSPS) is 13.5. The van der Waals surface area contributed by atoms with E-state index in [9.17, 15) is 0 Å². The van der Waals surface area contributed by atoms with Gasteiger partial charge < -0.3 is 0 Å². The maximum atomic E-state index is 3.79. The van der Waals surface area contributed by atoms with Crippen molar-refractivity contribution in [2.75, 3.05) is 0 Å². The highest BCUT2D eigenvalue weighted by molar-refractivity contribution is 9.11. The number of rotatable bonds is 14. The smallest absolute Gasteiger partial charge is 0.0708 e. The van der Waals surface area contributed by atoms with Crippen LogP contribution in [0.4, 0.5) is 0 Å². The molecule has 33 heavy (non-hydrogen) atoms. The molecular weight excluding hydrogens is 592 g/mol. The standard InChI is InChI=1S/C28H38Br2S3/c1-5-9-11-19(7-3)15-21-17-25(29)32-27(21)23-13-14-24(31-23)28-22(18-26(30)33-28)16-20(8-4)12-10-6-2/h13-14,17-20H,5-12,15-16H2,1-4H3. The van der Waals surface area contributed by atoms with Gasteiger partial charge in [0.2, 0.25) is 0 Å². The Labute approximate surface area is 230 Å². The van der Waals surface area contributed by atoms with Gasteiger partial charge in [-0.05, 0) is 91.9 Å². The average Bonchev–Trinajstić information content (AvgIpc) is 3.52. The molecule has 0 N–H and O–H groups in total. The lowest BCUT2D eigenvalue weighted by Gasteiger charge is -2.14. The quantitative estimate of drug-likeness (QED) is 0.166. The van der Waals surface area contributed by atoms with Crippen LogP contribution >= 0.6 is 65.9 Å². The first-order valence-electron chi connectivity index (χ1n) is 12.7. The third kappa shape index (κ3) is 7.77. The Hall–Kier alpha value is 0.0600. The molecule has 2 unspecified atom stereocenters. The molecule has 0 aliphatic heterocycles. The average molecular weight is 631 g/mol. The first kappa shape index (κ1) is 27.6. The predicted octanol–water partition coefficient (Wildman–Crippen LogP) is 12.2. The van der Waals surface area contributed by atoms with Crippen LogP contribution in [-0.2, 0) is 12.8 Å². The summed E-state index contributed by atoms with van der Waals surface area (Å²) in [5.74, 6) is 1.58. The summed E-state index contributed by atoms with van der Waals surface area (Å²) >= 11 is 13.4. The van der Waals surface area contributed by atoms with Gasteiger partial charge in [-0.3, -0.25) is 0 Å². The van der Waals surface area contributed by atoms with E-state index in [1.807, 2.05) is 34.0 Å². The molecule has 182 valence electrons. The van der Waals surface area contributed by atoms with E-state index in [-0.39, 0.29) is 0 Å². The summed E-state index contributed by atoms with van der Waals surface area (Å²) < 4.78 is 2.52. The molecule has 0 saturated heterocycles. The van der Waals surface area contributed by atoms with Crippen molar-refractivity contribution in [3.8, 4) is 19.5 Å². The first-order valence-corrected chi connectivity index (χ1v) is 16.7. The zero-order chi connectivity index (χ0) is 23.8. The molecule has 3 rings (SSSR count). The lowest BCUT2D eigenvalue weighted by molar-refractivity contribution is 0.450. The molecule has 3 aromatic heterocycles. The fourth-order valence-corrected chi connectivity index (χ4v) is 9.26. The van der Waals surface area contributed by atoms with Crippen molar-refractivity contribution < 1.29 is 0 Å². The Morgan fingerprint density at radius 3 is 1.45 bits per heavy atom. The second-order valence-electron chi connectivity index (χ2n) is 9.21. The van der Waals surface area contributed by atoms with E-state index >= 15 is 0 Å². The molecule has 0 aliphatic rings. The predicted molar refractivity (Wildman–Crippen MR) is 160 cm³/mol. The van der Waals surface area contributed by atoms with Crippen molar-refractivity contribution >= 4 is 65.9 Å². The second kappa shape index (κ2) is 14.0. The summed E-state index contributed by atoms with van der Waals surface area (Å²) in [6.45, 7) is 9.31. The fourth-order valence-electron chi connectivity index (χ4n) is 4.60. The minimum absolute atomic E-state index is 0.790. The van der Waals surface area contributed by atoms with E-state index in [4.69, 9.17) is 0 Å². The molecule has 0 radical (unpaired) electrons. The minimum atomic E-state index is 0.790. The molecule has 0 aromatic carbocycles. The minimum Gasteiger partial charge on any atom is -0.133 e. The van der Waals surface area contributed by atoms with Crippen LogP contribution in [0.25, 0.3) is 19.5 Å². The summed E-state index contributed by atoms with van der Waals surface area (Å²) in [5, 5.41) is 0. The van der Waals surface area contributed by atoms with Crippen LogP contribution in [-0.4, -0.2) is 0 Å². The number of hydrogen-bond donors (Lipinski definition) is 0. The Kier molecular flexibility index (Phi) is 11.7. The summed E-state index contributed by atoms with van der Waals surface area (Å²) in [6, 6.07) is 9.47. The molecule has 2 atom stereocenters. The zero-order valence-electron chi connectivity index (χ0n) is 20.5. The van der Waals surface area contributed by atoms with Gasteiger partial charge >= 0.3 is 0 Å². The van der Waals surface area contributed by atoms with E-state index in [0.29, 0.717) is 0 Å². The van der Waals surface area contributed by atoms with Crippen LogP contribution < -0.4 is 0 Å². The van der Waals surface area contributed by atoms with Crippen LogP contribution in [0.15, 0.2) is 31.8 Å². The van der Waals surface area contributed by atoms with Crippen molar-refractivity contribution in [2.24, 2.45) is 11.8 Å².